The second kappa shape index (κ2) is 6.71. The number of amides is 2. The van der Waals surface area contributed by atoms with Crippen LogP contribution in [-0.2, 0) is 4.79 Å². The van der Waals surface area contributed by atoms with Gasteiger partial charge >= 0.3 is 0 Å². The number of hydrogen-bond acceptors (Lipinski definition) is 4. The summed E-state index contributed by atoms with van der Waals surface area (Å²) in [5.41, 5.74) is 7.05. The van der Waals surface area contributed by atoms with E-state index in [0.717, 1.165) is 0 Å². The Balaban J connectivity index is 1.86. The number of hydrogen-bond donors (Lipinski definition) is 3. The average molecular weight is 305 g/mol. The maximum atomic E-state index is 11.8. The molecule has 2 rings (SSSR count). The van der Waals surface area contributed by atoms with Crippen molar-refractivity contribution in [2.45, 2.75) is 0 Å². The van der Waals surface area contributed by atoms with Gasteiger partial charge in [0.05, 0.1) is 6.54 Å². The lowest BCUT2D eigenvalue weighted by molar-refractivity contribution is -0.115. The smallest absolute Gasteiger partial charge is 0.251 e. The summed E-state index contributed by atoms with van der Waals surface area (Å²) in [6.07, 6.45) is 1.48. The molecule has 21 heavy (non-hydrogen) atoms. The van der Waals surface area contributed by atoms with Crippen LogP contribution in [0.5, 0.6) is 0 Å². The summed E-state index contributed by atoms with van der Waals surface area (Å²) >= 11 is 5.71. The van der Waals surface area contributed by atoms with Gasteiger partial charge in [0.1, 0.15) is 5.15 Å². The van der Waals surface area contributed by atoms with E-state index in [1.165, 1.54) is 12.3 Å². The normalized spacial score (nSPS) is 9.95. The standard InChI is InChI=1S/C14H13ClN4O2/c15-12-7-11(5-6-17-12)19-13(20)8-18-14(21)9-1-3-10(16)4-2-9/h1-7H,8,16H2,(H,18,21)(H,17,19,20). The molecule has 0 fully saturated rings. The molecular weight excluding hydrogens is 292 g/mol. The van der Waals surface area contributed by atoms with E-state index in [1.54, 1.807) is 30.3 Å². The van der Waals surface area contributed by atoms with Crippen molar-refractivity contribution in [3.05, 3.63) is 53.3 Å². The number of carbonyl (C=O) groups is 2. The number of nitrogens with one attached hydrogen (secondary N) is 2. The summed E-state index contributed by atoms with van der Waals surface area (Å²) in [6, 6.07) is 9.53. The lowest BCUT2D eigenvalue weighted by Gasteiger charge is -2.07. The third kappa shape index (κ3) is 4.47. The van der Waals surface area contributed by atoms with Crippen LogP contribution in [0.2, 0.25) is 5.15 Å². The minimum absolute atomic E-state index is 0.150. The van der Waals surface area contributed by atoms with Crippen LogP contribution < -0.4 is 16.4 Å². The van der Waals surface area contributed by atoms with Crippen molar-refractivity contribution in [2.75, 3.05) is 17.6 Å². The monoisotopic (exact) mass is 304 g/mol. The highest BCUT2D eigenvalue weighted by atomic mass is 35.5. The molecule has 0 aliphatic rings. The van der Waals surface area contributed by atoms with Crippen LogP contribution in [0.3, 0.4) is 0 Å². The Kier molecular flexibility index (Phi) is 4.73. The van der Waals surface area contributed by atoms with E-state index in [-0.39, 0.29) is 23.5 Å². The third-order valence-electron chi connectivity index (χ3n) is 2.59. The molecule has 1 aromatic carbocycles. The third-order valence-corrected chi connectivity index (χ3v) is 2.80. The fraction of sp³-hybridized carbons (Fsp3) is 0.0714. The molecule has 4 N–H and O–H groups in total. The molecule has 1 aromatic heterocycles. The van der Waals surface area contributed by atoms with Gasteiger partial charge in [-0.15, -0.1) is 0 Å². The molecule has 2 amide bonds. The van der Waals surface area contributed by atoms with Gasteiger partial charge in [-0.2, -0.15) is 0 Å². The molecule has 0 bridgehead atoms. The first kappa shape index (κ1) is 14.8. The molecule has 0 spiro atoms. The summed E-state index contributed by atoms with van der Waals surface area (Å²) in [5, 5.41) is 5.39. The van der Waals surface area contributed by atoms with Crippen molar-refractivity contribution in [3.63, 3.8) is 0 Å². The number of aromatic nitrogens is 1. The zero-order valence-corrected chi connectivity index (χ0v) is 11.7. The Bertz CT molecular complexity index is 658. The number of pyridine rings is 1. The fourth-order valence-corrected chi connectivity index (χ4v) is 1.76. The van der Waals surface area contributed by atoms with Crippen LogP contribution in [0.4, 0.5) is 11.4 Å². The fourth-order valence-electron chi connectivity index (χ4n) is 1.58. The van der Waals surface area contributed by atoms with E-state index in [1.807, 2.05) is 0 Å². The molecule has 0 saturated heterocycles. The Hall–Kier alpha value is -2.60. The van der Waals surface area contributed by atoms with E-state index < -0.39 is 0 Å². The quantitative estimate of drug-likeness (QED) is 0.591. The molecule has 1 heterocycles. The van der Waals surface area contributed by atoms with Crippen LogP contribution in [0.25, 0.3) is 0 Å². The second-order valence-corrected chi connectivity index (χ2v) is 4.61. The molecule has 2 aromatic rings. The van der Waals surface area contributed by atoms with E-state index in [4.69, 9.17) is 17.3 Å². The molecule has 0 atom stereocenters. The molecule has 6 nitrogen and oxygen atoms in total. The highest BCUT2D eigenvalue weighted by Crippen LogP contribution is 2.11. The predicted molar refractivity (Wildman–Crippen MR) is 81.1 cm³/mol. The molecule has 0 saturated carbocycles. The largest absolute Gasteiger partial charge is 0.399 e. The number of anilines is 2. The van der Waals surface area contributed by atoms with E-state index >= 15 is 0 Å². The topological polar surface area (TPSA) is 97.1 Å². The van der Waals surface area contributed by atoms with Crippen LogP contribution >= 0.6 is 11.6 Å². The number of rotatable bonds is 4. The first-order valence-corrected chi connectivity index (χ1v) is 6.47. The van der Waals surface area contributed by atoms with Gasteiger partial charge in [0.2, 0.25) is 5.91 Å². The van der Waals surface area contributed by atoms with E-state index in [0.29, 0.717) is 16.9 Å². The Morgan fingerprint density at radius 3 is 2.57 bits per heavy atom. The molecule has 0 radical (unpaired) electrons. The van der Waals surface area contributed by atoms with Gasteiger partial charge in [0.15, 0.2) is 0 Å². The summed E-state index contributed by atoms with van der Waals surface area (Å²) < 4.78 is 0. The lowest BCUT2D eigenvalue weighted by Crippen LogP contribution is -2.32. The molecule has 0 aliphatic heterocycles. The van der Waals surface area contributed by atoms with Gasteiger partial charge < -0.3 is 16.4 Å². The average Bonchev–Trinajstić information content (AvgIpc) is 2.45. The molecule has 0 unspecified atom stereocenters. The van der Waals surface area contributed by atoms with Gasteiger partial charge in [-0.25, -0.2) is 4.98 Å². The number of benzene rings is 1. The highest BCUT2D eigenvalue weighted by Gasteiger charge is 2.08. The van der Waals surface area contributed by atoms with Crippen molar-refractivity contribution >= 4 is 34.8 Å². The first-order chi connectivity index (χ1) is 10.0. The van der Waals surface area contributed by atoms with Gasteiger partial charge in [0.25, 0.3) is 5.91 Å². The first-order valence-electron chi connectivity index (χ1n) is 6.10. The number of nitrogens with zero attached hydrogens (tertiary/aromatic N) is 1. The van der Waals surface area contributed by atoms with Crippen molar-refractivity contribution in [1.29, 1.82) is 0 Å². The Morgan fingerprint density at radius 1 is 1.19 bits per heavy atom. The summed E-state index contributed by atoms with van der Waals surface area (Å²) in [5.74, 6) is -0.709. The number of nitrogen functional groups attached to an aromatic ring is 1. The highest BCUT2D eigenvalue weighted by molar-refractivity contribution is 6.29. The van der Waals surface area contributed by atoms with Crippen LogP contribution in [0.1, 0.15) is 10.4 Å². The lowest BCUT2D eigenvalue weighted by atomic mass is 10.2. The molecular formula is C14H13ClN4O2. The van der Waals surface area contributed by atoms with Gasteiger partial charge in [-0.05, 0) is 36.4 Å². The van der Waals surface area contributed by atoms with Crippen molar-refractivity contribution in [2.24, 2.45) is 0 Å². The van der Waals surface area contributed by atoms with Gasteiger partial charge in [-0.3, -0.25) is 9.59 Å². The van der Waals surface area contributed by atoms with Crippen LogP contribution in [-0.4, -0.2) is 23.3 Å². The summed E-state index contributed by atoms with van der Waals surface area (Å²) in [7, 11) is 0. The maximum absolute atomic E-state index is 11.8. The summed E-state index contributed by atoms with van der Waals surface area (Å²) in [6.45, 7) is -0.150. The summed E-state index contributed by atoms with van der Waals surface area (Å²) in [4.78, 5) is 27.3. The maximum Gasteiger partial charge on any atom is 0.251 e. The van der Waals surface area contributed by atoms with Crippen molar-refractivity contribution < 1.29 is 9.59 Å². The number of nitrogens with two attached hydrogens (primary N) is 1. The number of halogens is 1. The zero-order chi connectivity index (χ0) is 15.2. The van der Waals surface area contributed by atoms with Crippen molar-refractivity contribution in [3.8, 4) is 0 Å². The SMILES string of the molecule is Nc1ccc(C(=O)NCC(=O)Nc2ccnc(Cl)c2)cc1. The number of carbonyl (C=O) groups excluding carboxylic acids is 2. The van der Waals surface area contributed by atoms with Crippen molar-refractivity contribution in [1.82, 2.24) is 10.3 Å². The van der Waals surface area contributed by atoms with Crippen LogP contribution in [0.15, 0.2) is 42.6 Å². The minimum Gasteiger partial charge on any atom is -0.399 e. The predicted octanol–water partition coefficient (Wildman–Crippen LogP) is 1.69. The zero-order valence-electron chi connectivity index (χ0n) is 11.0. The molecule has 108 valence electrons. The van der Waals surface area contributed by atoms with E-state index in [9.17, 15) is 9.59 Å². The van der Waals surface area contributed by atoms with Crippen LogP contribution in [0, 0.1) is 0 Å². The molecule has 7 heteroatoms. The Labute approximate surface area is 126 Å². The van der Waals surface area contributed by atoms with E-state index in [2.05, 4.69) is 15.6 Å². The van der Waals surface area contributed by atoms with Gasteiger partial charge in [0, 0.05) is 23.1 Å². The second-order valence-electron chi connectivity index (χ2n) is 4.22. The molecule has 0 aliphatic carbocycles. The van der Waals surface area contributed by atoms with Gasteiger partial charge in [-0.1, -0.05) is 11.6 Å². The Morgan fingerprint density at radius 2 is 1.90 bits per heavy atom. The minimum atomic E-state index is -0.360.